The van der Waals surface area contributed by atoms with Crippen LogP contribution in [0.2, 0.25) is 0 Å². The van der Waals surface area contributed by atoms with E-state index in [1.807, 2.05) is 18.5 Å². The Morgan fingerprint density at radius 1 is 1.44 bits per heavy atom. The zero-order valence-electron chi connectivity index (χ0n) is 10.8. The number of fused-ring (bicyclic) bond motifs is 1. The Balaban J connectivity index is 1.92. The number of pyridine rings is 1. The molecule has 0 unspecified atom stereocenters. The van der Waals surface area contributed by atoms with Gasteiger partial charge >= 0.3 is 0 Å². The predicted octanol–water partition coefficient (Wildman–Crippen LogP) is 3.06. The van der Waals surface area contributed by atoms with Gasteiger partial charge in [0.05, 0.1) is 0 Å². The Kier molecular flexibility index (Phi) is 3.15. The molecule has 0 bridgehead atoms. The molecule has 0 amide bonds. The summed E-state index contributed by atoms with van der Waals surface area (Å²) in [7, 11) is 0. The van der Waals surface area contributed by atoms with Gasteiger partial charge in [0.1, 0.15) is 0 Å². The van der Waals surface area contributed by atoms with E-state index in [0.717, 1.165) is 13.0 Å². The van der Waals surface area contributed by atoms with E-state index in [0.29, 0.717) is 0 Å². The Labute approximate surface area is 108 Å². The zero-order valence-corrected chi connectivity index (χ0v) is 10.8. The summed E-state index contributed by atoms with van der Waals surface area (Å²) in [5, 5.41) is 1.24. The molecular weight excluding hydrogens is 222 g/mol. The molecule has 3 rings (SSSR count). The summed E-state index contributed by atoms with van der Waals surface area (Å²) >= 11 is 0. The minimum Gasteiger partial charge on any atom is -0.360 e. The lowest BCUT2D eigenvalue weighted by molar-refractivity contribution is 0.305. The van der Waals surface area contributed by atoms with Gasteiger partial charge in [0.2, 0.25) is 0 Å². The van der Waals surface area contributed by atoms with E-state index in [4.69, 9.17) is 0 Å². The third kappa shape index (κ3) is 2.06. The van der Waals surface area contributed by atoms with E-state index >= 15 is 0 Å². The first-order valence-corrected chi connectivity index (χ1v) is 6.71. The number of rotatable bonds is 3. The van der Waals surface area contributed by atoms with E-state index in [2.05, 4.69) is 34.1 Å². The first-order chi connectivity index (χ1) is 8.88. The molecule has 0 saturated heterocycles. The maximum absolute atomic E-state index is 4.24. The number of aromatic nitrogens is 2. The molecule has 0 aliphatic carbocycles. The van der Waals surface area contributed by atoms with Crippen LogP contribution in [0.3, 0.4) is 0 Å². The van der Waals surface area contributed by atoms with Crippen molar-refractivity contribution in [3.8, 4) is 0 Å². The summed E-state index contributed by atoms with van der Waals surface area (Å²) in [5.74, 6) is 0. The third-order valence-electron chi connectivity index (χ3n) is 3.60. The fourth-order valence-electron chi connectivity index (χ4n) is 2.74. The second-order valence-corrected chi connectivity index (χ2v) is 4.92. The van der Waals surface area contributed by atoms with E-state index in [-0.39, 0.29) is 0 Å². The van der Waals surface area contributed by atoms with Crippen LogP contribution in [0.4, 0.5) is 0 Å². The van der Waals surface area contributed by atoms with Crippen LogP contribution in [0, 0.1) is 0 Å². The minimum absolute atomic E-state index is 1.07. The molecule has 3 nitrogen and oxygen atoms in total. The topological polar surface area (TPSA) is 31.9 Å². The highest BCUT2D eigenvalue weighted by Gasteiger charge is 2.15. The number of H-pyrrole nitrogens is 1. The molecule has 2 aromatic rings. The summed E-state index contributed by atoms with van der Waals surface area (Å²) in [6, 6.07) is 2.03. The van der Waals surface area contributed by atoms with Crippen LogP contribution in [0.5, 0.6) is 0 Å². The number of aromatic amines is 1. The average Bonchev–Trinajstić information content (AvgIpc) is 2.83. The highest BCUT2D eigenvalue weighted by Crippen LogP contribution is 2.27. The molecule has 0 radical (unpaired) electrons. The van der Waals surface area contributed by atoms with Gasteiger partial charge in [0.25, 0.3) is 0 Å². The fraction of sp³-hybridized carbons (Fsp3) is 0.400. The molecule has 0 saturated carbocycles. The van der Waals surface area contributed by atoms with Crippen LogP contribution in [0.15, 0.2) is 30.7 Å². The van der Waals surface area contributed by atoms with Gasteiger partial charge in [-0.05, 0) is 31.0 Å². The van der Waals surface area contributed by atoms with Gasteiger partial charge in [-0.2, -0.15) is 0 Å². The minimum atomic E-state index is 1.07. The third-order valence-corrected chi connectivity index (χ3v) is 3.60. The van der Waals surface area contributed by atoms with Gasteiger partial charge in [-0.3, -0.25) is 9.88 Å². The van der Waals surface area contributed by atoms with Gasteiger partial charge in [-0.15, -0.1) is 0 Å². The Morgan fingerprint density at radius 3 is 3.28 bits per heavy atom. The van der Waals surface area contributed by atoms with Gasteiger partial charge in [-0.25, -0.2) is 0 Å². The van der Waals surface area contributed by atoms with Crippen LogP contribution in [0.25, 0.3) is 16.5 Å². The fourth-order valence-corrected chi connectivity index (χ4v) is 2.74. The molecule has 94 valence electrons. The summed E-state index contributed by atoms with van der Waals surface area (Å²) < 4.78 is 0. The van der Waals surface area contributed by atoms with Crippen molar-refractivity contribution in [3.63, 3.8) is 0 Å². The second-order valence-electron chi connectivity index (χ2n) is 4.92. The largest absolute Gasteiger partial charge is 0.360 e. The van der Waals surface area contributed by atoms with Crippen molar-refractivity contribution in [2.45, 2.75) is 19.8 Å². The lowest BCUT2D eigenvalue weighted by atomic mass is 10.0. The molecule has 1 aliphatic heterocycles. The Morgan fingerprint density at radius 2 is 2.39 bits per heavy atom. The first-order valence-electron chi connectivity index (χ1n) is 6.71. The molecule has 2 aromatic heterocycles. The second kappa shape index (κ2) is 4.94. The standard InChI is InChI=1S/C15H19N3/c1-2-7-18-8-3-4-12(11-18)13-10-17-15-5-6-16-9-14(13)15/h4-6,9-10,17H,2-3,7-8,11H2,1H3. The van der Waals surface area contributed by atoms with Crippen molar-refractivity contribution in [2.24, 2.45) is 0 Å². The van der Waals surface area contributed by atoms with Crippen LogP contribution < -0.4 is 0 Å². The smallest absolute Gasteiger partial charge is 0.0491 e. The number of nitrogens with one attached hydrogen (secondary N) is 1. The Hall–Kier alpha value is -1.61. The maximum Gasteiger partial charge on any atom is 0.0491 e. The SMILES string of the molecule is CCCN1CCC=C(c2c[nH]c3ccncc23)C1. The highest BCUT2D eigenvalue weighted by molar-refractivity contribution is 5.92. The average molecular weight is 241 g/mol. The lowest BCUT2D eigenvalue weighted by Crippen LogP contribution is -2.30. The monoisotopic (exact) mass is 241 g/mol. The predicted molar refractivity (Wildman–Crippen MR) is 75.4 cm³/mol. The molecule has 0 aromatic carbocycles. The van der Waals surface area contributed by atoms with Crippen LogP contribution in [0.1, 0.15) is 25.3 Å². The van der Waals surface area contributed by atoms with Crippen LogP contribution in [-0.4, -0.2) is 34.5 Å². The summed E-state index contributed by atoms with van der Waals surface area (Å²) in [5.41, 5.74) is 3.93. The summed E-state index contributed by atoms with van der Waals surface area (Å²) in [4.78, 5) is 10.1. The molecule has 1 N–H and O–H groups in total. The molecule has 0 fully saturated rings. The van der Waals surface area contributed by atoms with Gasteiger partial charge < -0.3 is 4.98 Å². The summed E-state index contributed by atoms with van der Waals surface area (Å²) in [6.45, 7) is 5.69. The molecular formula is C15H19N3. The van der Waals surface area contributed by atoms with E-state index in [1.165, 1.54) is 41.5 Å². The van der Waals surface area contributed by atoms with Crippen LogP contribution >= 0.6 is 0 Å². The molecule has 3 heterocycles. The number of nitrogens with zero attached hydrogens (tertiary/aromatic N) is 2. The number of hydrogen-bond acceptors (Lipinski definition) is 2. The molecule has 18 heavy (non-hydrogen) atoms. The van der Waals surface area contributed by atoms with Crippen molar-refractivity contribution >= 4 is 16.5 Å². The maximum atomic E-state index is 4.24. The van der Waals surface area contributed by atoms with Crippen LogP contribution in [-0.2, 0) is 0 Å². The van der Waals surface area contributed by atoms with E-state index in [1.54, 1.807) is 0 Å². The first kappa shape index (κ1) is 11.5. The Bertz CT molecular complexity index is 568. The lowest BCUT2D eigenvalue weighted by Gasteiger charge is -2.26. The van der Waals surface area contributed by atoms with E-state index in [9.17, 15) is 0 Å². The normalized spacial score (nSPS) is 17.1. The van der Waals surface area contributed by atoms with Crippen molar-refractivity contribution in [3.05, 3.63) is 36.3 Å². The highest BCUT2D eigenvalue weighted by atomic mass is 15.1. The molecule has 0 atom stereocenters. The van der Waals surface area contributed by atoms with Gasteiger partial charge in [0.15, 0.2) is 0 Å². The zero-order chi connectivity index (χ0) is 12.4. The van der Waals surface area contributed by atoms with E-state index < -0.39 is 0 Å². The van der Waals surface area contributed by atoms with Gasteiger partial charge in [-0.1, -0.05) is 13.0 Å². The molecule has 0 spiro atoms. The van der Waals surface area contributed by atoms with Crippen molar-refractivity contribution in [1.29, 1.82) is 0 Å². The van der Waals surface area contributed by atoms with Crippen molar-refractivity contribution in [1.82, 2.24) is 14.9 Å². The van der Waals surface area contributed by atoms with Crippen molar-refractivity contribution < 1.29 is 0 Å². The molecule has 3 heteroatoms. The summed E-state index contributed by atoms with van der Waals surface area (Å²) in [6.07, 6.45) is 10.7. The van der Waals surface area contributed by atoms with Gasteiger partial charge in [0, 0.05) is 48.1 Å². The quantitative estimate of drug-likeness (QED) is 0.895. The number of hydrogen-bond donors (Lipinski definition) is 1. The van der Waals surface area contributed by atoms with Crippen molar-refractivity contribution in [2.75, 3.05) is 19.6 Å². The molecule has 1 aliphatic rings.